The lowest BCUT2D eigenvalue weighted by Crippen LogP contribution is -2.55. The van der Waals surface area contributed by atoms with E-state index in [-0.39, 0.29) is 6.04 Å². The molecule has 8 heteroatoms. The van der Waals surface area contributed by atoms with E-state index in [0.717, 1.165) is 10.5 Å². The number of aryl methyl sites for hydroxylation is 1. The standard InChI is InChI=1S/C20H19ClN4O3/c1-12(13-6-3-2-4-7-13)23-18(27)25-19(28)24-17(26)20(25)9-5-8-16-15(20)10-14(21)11-22-16/h2-4,6-7,10-12H,5,8-9H2,1H3,(H,23,27)(H,24,26,28)/t12-,20-/m1/s1. The lowest BCUT2D eigenvalue weighted by molar-refractivity contribution is -0.127. The molecule has 1 saturated heterocycles. The molecular formula is C20H19ClN4O3. The fourth-order valence-corrected chi connectivity index (χ4v) is 4.17. The minimum atomic E-state index is -1.43. The number of nitrogens with one attached hydrogen (secondary N) is 2. The van der Waals surface area contributed by atoms with E-state index in [9.17, 15) is 14.4 Å². The smallest absolute Gasteiger partial charge is 0.331 e. The number of halogens is 1. The monoisotopic (exact) mass is 398 g/mol. The second-order valence-corrected chi connectivity index (χ2v) is 7.47. The van der Waals surface area contributed by atoms with E-state index in [1.165, 1.54) is 6.20 Å². The molecule has 2 aliphatic rings. The number of nitrogens with zero attached hydrogens (tertiary/aromatic N) is 2. The molecule has 1 aliphatic carbocycles. The second-order valence-electron chi connectivity index (χ2n) is 7.04. The SMILES string of the molecule is C[C@@H](NC(=O)N1C(=O)NC(=O)[C@]12CCCc1ncc(Cl)cc12)c1ccccc1. The van der Waals surface area contributed by atoms with Gasteiger partial charge in [-0.15, -0.1) is 0 Å². The molecule has 2 N–H and O–H groups in total. The molecule has 0 unspecified atom stereocenters. The number of carbonyl (C=O) groups excluding carboxylic acids is 3. The topological polar surface area (TPSA) is 91.4 Å². The highest BCUT2D eigenvalue weighted by Crippen LogP contribution is 2.43. The highest BCUT2D eigenvalue weighted by Gasteiger charge is 2.59. The van der Waals surface area contributed by atoms with E-state index in [0.29, 0.717) is 35.5 Å². The van der Waals surface area contributed by atoms with Crippen LogP contribution in [0.25, 0.3) is 0 Å². The maximum atomic E-state index is 13.1. The van der Waals surface area contributed by atoms with E-state index in [1.807, 2.05) is 37.3 Å². The normalized spacial score (nSPS) is 22.0. The van der Waals surface area contributed by atoms with Gasteiger partial charge in [-0.1, -0.05) is 41.9 Å². The van der Waals surface area contributed by atoms with Crippen LogP contribution in [0.4, 0.5) is 9.59 Å². The summed E-state index contributed by atoms with van der Waals surface area (Å²) in [6.07, 6.45) is 3.12. The van der Waals surface area contributed by atoms with Crippen molar-refractivity contribution in [2.45, 2.75) is 37.8 Å². The van der Waals surface area contributed by atoms with Gasteiger partial charge in [0.2, 0.25) is 0 Å². The van der Waals surface area contributed by atoms with Crippen molar-refractivity contribution in [1.82, 2.24) is 20.5 Å². The molecule has 1 aromatic carbocycles. The lowest BCUT2D eigenvalue weighted by atomic mass is 9.77. The molecule has 1 spiro atoms. The predicted molar refractivity (Wildman–Crippen MR) is 103 cm³/mol. The van der Waals surface area contributed by atoms with Gasteiger partial charge < -0.3 is 5.32 Å². The lowest BCUT2D eigenvalue weighted by Gasteiger charge is -2.38. The number of hydrogen-bond acceptors (Lipinski definition) is 4. The van der Waals surface area contributed by atoms with Crippen molar-refractivity contribution in [1.29, 1.82) is 0 Å². The zero-order chi connectivity index (χ0) is 19.9. The van der Waals surface area contributed by atoms with E-state index < -0.39 is 23.5 Å². The number of aromatic nitrogens is 1. The molecule has 28 heavy (non-hydrogen) atoms. The predicted octanol–water partition coefficient (Wildman–Crippen LogP) is 3.29. The Kier molecular flexibility index (Phi) is 4.55. The summed E-state index contributed by atoms with van der Waals surface area (Å²) >= 11 is 6.12. The first-order valence-electron chi connectivity index (χ1n) is 9.09. The number of amides is 5. The summed E-state index contributed by atoms with van der Waals surface area (Å²) in [7, 11) is 0. The van der Waals surface area contributed by atoms with Gasteiger partial charge in [-0.05, 0) is 37.8 Å². The van der Waals surface area contributed by atoms with Crippen LogP contribution in [0.3, 0.4) is 0 Å². The first-order chi connectivity index (χ1) is 13.4. The molecule has 7 nitrogen and oxygen atoms in total. The Labute approximate surface area is 167 Å². The number of hydrogen-bond donors (Lipinski definition) is 2. The average Bonchev–Trinajstić information content (AvgIpc) is 2.93. The van der Waals surface area contributed by atoms with Crippen molar-refractivity contribution in [2.24, 2.45) is 0 Å². The number of carbonyl (C=O) groups is 3. The Bertz CT molecular complexity index is 965. The van der Waals surface area contributed by atoms with Gasteiger partial charge in [0.05, 0.1) is 11.1 Å². The molecule has 0 radical (unpaired) electrons. The molecule has 1 fully saturated rings. The summed E-state index contributed by atoms with van der Waals surface area (Å²) in [6.45, 7) is 1.82. The number of rotatable bonds is 2. The number of urea groups is 2. The average molecular weight is 399 g/mol. The van der Waals surface area contributed by atoms with Crippen LogP contribution in [0.2, 0.25) is 5.02 Å². The van der Waals surface area contributed by atoms with Gasteiger partial charge in [-0.2, -0.15) is 0 Å². The van der Waals surface area contributed by atoms with Gasteiger partial charge >= 0.3 is 12.1 Å². The highest BCUT2D eigenvalue weighted by atomic mass is 35.5. The van der Waals surface area contributed by atoms with E-state index in [4.69, 9.17) is 11.6 Å². The fraction of sp³-hybridized carbons (Fsp3) is 0.300. The zero-order valence-corrected chi connectivity index (χ0v) is 16.0. The number of benzene rings is 1. The Morgan fingerprint density at radius 2 is 2.07 bits per heavy atom. The van der Waals surface area contributed by atoms with Crippen LogP contribution in [-0.2, 0) is 16.8 Å². The summed E-state index contributed by atoms with van der Waals surface area (Å²) in [4.78, 5) is 43.9. The Hall–Kier alpha value is -2.93. The Morgan fingerprint density at radius 1 is 1.32 bits per heavy atom. The Morgan fingerprint density at radius 3 is 2.82 bits per heavy atom. The third-order valence-corrected chi connectivity index (χ3v) is 5.56. The molecule has 0 bridgehead atoms. The Balaban J connectivity index is 1.72. The van der Waals surface area contributed by atoms with Gasteiger partial charge in [0, 0.05) is 17.5 Å². The summed E-state index contributed by atoms with van der Waals surface area (Å²) in [5.74, 6) is -0.523. The summed E-state index contributed by atoms with van der Waals surface area (Å²) in [5.41, 5.74) is 0.652. The number of imide groups is 2. The van der Waals surface area contributed by atoms with E-state index in [1.54, 1.807) is 6.07 Å². The van der Waals surface area contributed by atoms with Crippen LogP contribution in [0.15, 0.2) is 42.6 Å². The van der Waals surface area contributed by atoms with Crippen molar-refractivity contribution < 1.29 is 14.4 Å². The molecular weight excluding hydrogens is 380 g/mol. The van der Waals surface area contributed by atoms with E-state index in [2.05, 4.69) is 15.6 Å². The minimum absolute atomic E-state index is 0.326. The molecule has 4 rings (SSSR count). The first-order valence-corrected chi connectivity index (χ1v) is 9.47. The van der Waals surface area contributed by atoms with Crippen LogP contribution < -0.4 is 10.6 Å². The van der Waals surface area contributed by atoms with Crippen LogP contribution >= 0.6 is 11.6 Å². The molecule has 5 amide bonds. The quantitative estimate of drug-likeness (QED) is 0.759. The van der Waals surface area contributed by atoms with Crippen molar-refractivity contribution >= 4 is 29.6 Å². The van der Waals surface area contributed by atoms with Gasteiger partial charge in [0.1, 0.15) is 0 Å². The summed E-state index contributed by atoms with van der Waals surface area (Å²) < 4.78 is 0. The highest BCUT2D eigenvalue weighted by molar-refractivity contribution is 6.30. The first kappa shape index (κ1) is 18.4. The van der Waals surface area contributed by atoms with Crippen LogP contribution in [0.1, 0.15) is 42.6 Å². The maximum absolute atomic E-state index is 13.1. The minimum Gasteiger partial charge on any atom is -0.331 e. The number of pyridine rings is 1. The van der Waals surface area contributed by atoms with Gasteiger partial charge in [-0.25, -0.2) is 14.5 Å². The van der Waals surface area contributed by atoms with Gasteiger partial charge in [0.15, 0.2) is 5.54 Å². The third-order valence-electron chi connectivity index (χ3n) is 5.36. The van der Waals surface area contributed by atoms with Crippen LogP contribution in [0, 0.1) is 0 Å². The van der Waals surface area contributed by atoms with Crippen LogP contribution in [0.5, 0.6) is 0 Å². The molecule has 2 atom stereocenters. The van der Waals surface area contributed by atoms with Gasteiger partial charge in [0.25, 0.3) is 5.91 Å². The molecule has 2 heterocycles. The van der Waals surface area contributed by atoms with Crippen molar-refractivity contribution in [2.75, 3.05) is 0 Å². The largest absolute Gasteiger partial charge is 0.333 e. The van der Waals surface area contributed by atoms with Crippen molar-refractivity contribution in [3.8, 4) is 0 Å². The van der Waals surface area contributed by atoms with Gasteiger partial charge in [-0.3, -0.25) is 15.1 Å². The third kappa shape index (κ3) is 2.82. The molecule has 0 saturated carbocycles. The zero-order valence-electron chi connectivity index (χ0n) is 15.2. The van der Waals surface area contributed by atoms with Crippen molar-refractivity contribution in [3.63, 3.8) is 0 Å². The van der Waals surface area contributed by atoms with Crippen LogP contribution in [-0.4, -0.2) is 27.9 Å². The fourth-order valence-electron chi connectivity index (χ4n) is 4.01. The van der Waals surface area contributed by atoms with Crippen molar-refractivity contribution in [3.05, 3.63) is 64.4 Å². The molecule has 144 valence electrons. The van der Waals surface area contributed by atoms with E-state index >= 15 is 0 Å². The maximum Gasteiger partial charge on any atom is 0.333 e. The summed E-state index contributed by atoms with van der Waals surface area (Å²) in [5, 5.41) is 5.48. The molecule has 2 aromatic rings. The summed E-state index contributed by atoms with van der Waals surface area (Å²) in [6, 6.07) is 9.31. The second kappa shape index (κ2) is 6.91. The number of fused-ring (bicyclic) bond motifs is 2. The molecule has 1 aromatic heterocycles. The molecule has 1 aliphatic heterocycles.